The first-order chi connectivity index (χ1) is 7.63. The van der Waals surface area contributed by atoms with E-state index in [1.165, 1.54) is 11.3 Å². The first-order valence-corrected chi connectivity index (χ1v) is 5.87. The predicted molar refractivity (Wildman–Crippen MR) is 60.2 cm³/mol. The Morgan fingerprint density at radius 2 is 2.44 bits per heavy atom. The van der Waals surface area contributed by atoms with Gasteiger partial charge in [0.25, 0.3) is 0 Å². The number of carbonyl (C=O) groups excluding carboxylic acids is 1. The number of nitrogens with zero attached hydrogens (tertiary/aromatic N) is 1. The fraction of sp³-hybridized carbons (Fsp3) is 0.500. The number of hydrogen-bond donors (Lipinski definition) is 0. The lowest BCUT2D eigenvalue weighted by Gasteiger charge is -2.10. The molecular weight excluding hydrogens is 230 g/mol. The summed E-state index contributed by atoms with van der Waals surface area (Å²) in [6, 6.07) is 1.80. The molecule has 1 atom stereocenters. The van der Waals surface area contributed by atoms with Crippen molar-refractivity contribution in [3.05, 3.63) is 32.5 Å². The normalized spacial score (nSPS) is 12.1. The lowest BCUT2D eigenvalue weighted by atomic mass is 9.99. The van der Waals surface area contributed by atoms with Crippen LogP contribution in [-0.4, -0.2) is 24.0 Å². The lowest BCUT2D eigenvalue weighted by molar-refractivity contribution is -0.483. The summed E-state index contributed by atoms with van der Waals surface area (Å²) < 4.78 is 4.79. The summed E-state index contributed by atoms with van der Waals surface area (Å²) >= 11 is 1.46. The maximum Gasteiger partial charge on any atom is 0.306 e. The van der Waals surface area contributed by atoms with E-state index in [1.807, 2.05) is 10.8 Å². The van der Waals surface area contributed by atoms with Crippen LogP contribution >= 0.6 is 11.3 Å². The summed E-state index contributed by atoms with van der Waals surface area (Å²) in [5.41, 5.74) is 0.828. The van der Waals surface area contributed by atoms with Crippen molar-refractivity contribution >= 4 is 17.3 Å². The van der Waals surface area contributed by atoms with E-state index >= 15 is 0 Å². The van der Waals surface area contributed by atoms with Gasteiger partial charge in [-0.3, -0.25) is 14.9 Å². The second kappa shape index (κ2) is 6.22. The largest absolute Gasteiger partial charge is 0.466 e. The zero-order valence-electron chi connectivity index (χ0n) is 8.92. The minimum absolute atomic E-state index is 0.0611. The van der Waals surface area contributed by atoms with Crippen molar-refractivity contribution in [2.45, 2.75) is 19.3 Å². The van der Waals surface area contributed by atoms with Gasteiger partial charge in [0.1, 0.15) is 0 Å². The first-order valence-electron chi connectivity index (χ1n) is 4.93. The Balaban J connectivity index is 2.65. The van der Waals surface area contributed by atoms with Crippen LogP contribution in [-0.2, 0) is 9.53 Å². The SMILES string of the molecule is CCOC(=O)C[C@H](C[N+](=O)[O-])c1ccsc1. The van der Waals surface area contributed by atoms with E-state index in [-0.39, 0.29) is 24.9 Å². The van der Waals surface area contributed by atoms with Gasteiger partial charge in [-0.2, -0.15) is 11.3 Å². The van der Waals surface area contributed by atoms with Gasteiger partial charge in [0.2, 0.25) is 6.54 Å². The molecular formula is C10H13NO4S. The van der Waals surface area contributed by atoms with Crippen LogP contribution in [0.2, 0.25) is 0 Å². The number of hydrogen-bond acceptors (Lipinski definition) is 5. The maximum absolute atomic E-state index is 11.3. The Morgan fingerprint density at radius 1 is 1.69 bits per heavy atom. The third-order valence-electron chi connectivity index (χ3n) is 2.10. The molecule has 0 aliphatic rings. The molecule has 0 aliphatic carbocycles. The Bertz CT molecular complexity index is 350. The number of rotatable bonds is 6. The predicted octanol–water partition coefficient (Wildman–Crippen LogP) is 2.06. The number of ether oxygens (including phenoxy) is 1. The van der Waals surface area contributed by atoms with E-state index in [0.717, 1.165) is 5.56 Å². The zero-order valence-corrected chi connectivity index (χ0v) is 9.74. The monoisotopic (exact) mass is 243 g/mol. The van der Waals surface area contributed by atoms with Crippen molar-refractivity contribution in [3.63, 3.8) is 0 Å². The molecule has 0 aliphatic heterocycles. The molecule has 6 heteroatoms. The molecule has 0 bridgehead atoms. The molecule has 0 amide bonds. The summed E-state index contributed by atoms with van der Waals surface area (Å²) in [7, 11) is 0. The third-order valence-corrected chi connectivity index (χ3v) is 2.80. The smallest absolute Gasteiger partial charge is 0.306 e. The highest BCUT2D eigenvalue weighted by atomic mass is 32.1. The van der Waals surface area contributed by atoms with Gasteiger partial charge in [-0.15, -0.1) is 0 Å². The van der Waals surface area contributed by atoms with Crippen molar-refractivity contribution in [2.75, 3.05) is 13.2 Å². The molecule has 5 nitrogen and oxygen atoms in total. The second-order valence-corrected chi connectivity index (χ2v) is 4.06. The molecule has 88 valence electrons. The van der Waals surface area contributed by atoms with E-state index in [0.29, 0.717) is 6.61 Å². The van der Waals surface area contributed by atoms with E-state index in [4.69, 9.17) is 4.74 Å². The van der Waals surface area contributed by atoms with Crippen molar-refractivity contribution in [1.82, 2.24) is 0 Å². The van der Waals surface area contributed by atoms with Crippen LogP contribution < -0.4 is 0 Å². The molecule has 0 spiro atoms. The maximum atomic E-state index is 11.3. The first kappa shape index (κ1) is 12.6. The minimum atomic E-state index is -0.401. The quantitative estimate of drug-likeness (QED) is 0.435. The van der Waals surface area contributed by atoms with Gasteiger partial charge in [-0.1, -0.05) is 0 Å². The van der Waals surface area contributed by atoms with Crippen molar-refractivity contribution < 1.29 is 14.5 Å². The molecule has 1 aromatic heterocycles. The van der Waals surface area contributed by atoms with E-state index in [9.17, 15) is 14.9 Å². The Hall–Kier alpha value is -1.43. The van der Waals surface area contributed by atoms with Crippen molar-refractivity contribution in [3.8, 4) is 0 Å². The highest BCUT2D eigenvalue weighted by Crippen LogP contribution is 2.22. The molecule has 1 heterocycles. The summed E-state index contributed by atoms with van der Waals surface area (Å²) in [5.74, 6) is -0.777. The highest BCUT2D eigenvalue weighted by molar-refractivity contribution is 7.07. The fourth-order valence-electron chi connectivity index (χ4n) is 1.40. The molecule has 0 aromatic carbocycles. The van der Waals surface area contributed by atoms with Crippen LogP contribution in [0.4, 0.5) is 0 Å². The molecule has 0 saturated heterocycles. The molecule has 0 fully saturated rings. The van der Waals surface area contributed by atoms with Crippen LogP contribution in [0.1, 0.15) is 24.8 Å². The third kappa shape index (κ3) is 3.98. The number of carbonyl (C=O) groups is 1. The molecule has 0 N–H and O–H groups in total. The summed E-state index contributed by atoms with van der Waals surface area (Å²) in [5, 5.41) is 14.2. The lowest BCUT2D eigenvalue weighted by Crippen LogP contribution is -2.17. The van der Waals surface area contributed by atoms with E-state index in [2.05, 4.69) is 0 Å². The average Bonchev–Trinajstić information content (AvgIpc) is 2.68. The van der Waals surface area contributed by atoms with Gasteiger partial charge in [-0.05, 0) is 29.3 Å². The van der Waals surface area contributed by atoms with E-state index in [1.54, 1.807) is 13.0 Å². The average molecular weight is 243 g/mol. The van der Waals surface area contributed by atoms with Crippen LogP contribution in [0, 0.1) is 10.1 Å². The minimum Gasteiger partial charge on any atom is -0.466 e. The van der Waals surface area contributed by atoms with Gasteiger partial charge in [0.05, 0.1) is 18.9 Å². The van der Waals surface area contributed by atoms with Gasteiger partial charge in [0.15, 0.2) is 0 Å². The topological polar surface area (TPSA) is 69.4 Å². The van der Waals surface area contributed by atoms with Gasteiger partial charge < -0.3 is 4.74 Å². The Labute approximate surface area is 97.2 Å². The number of nitro groups is 1. The molecule has 0 radical (unpaired) electrons. The standard InChI is InChI=1S/C10H13NO4S/c1-2-15-10(12)5-9(6-11(13)14)8-3-4-16-7-8/h3-4,7,9H,2,5-6H2,1H3/t9-/m1/s1. The van der Waals surface area contributed by atoms with E-state index < -0.39 is 4.92 Å². The highest BCUT2D eigenvalue weighted by Gasteiger charge is 2.22. The van der Waals surface area contributed by atoms with Gasteiger partial charge in [0, 0.05) is 4.92 Å². The van der Waals surface area contributed by atoms with Crippen molar-refractivity contribution in [2.24, 2.45) is 0 Å². The van der Waals surface area contributed by atoms with Crippen LogP contribution in [0.15, 0.2) is 16.8 Å². The van der Waals surface area contributed by atoms with Gasteiger partial charge in [-0.25, -0.2) is 0 Å². The number of thiophene rings is 1. The second-order valence-electron chi connectivity index (χ2n) is 3.28. The van der Waals surface area contributed by atoms with Crippen LogP contribution in [0.5, 0.6) is 0 Å². The number of esters is 1. The van der Waals surface area contributed by atoms with Crippen LogP contribution in [0.3, 0.4) is 0 Å². The molecule has 16 heavy (non-hydrogen) atoms. The Morgan fingerprint density at radius 3 is 2.94 bits per heavy atom. The van der Waals surface area contributed by atoms with Crippen LogP contribution in [0.25, 0.3) is 0 Å². The summed E-state index contributed by atoms with van der Waals surface area (Å²) in [6.07, 6.45) is 0.0611. The Kier molecular flexibility index (Phi) is 4.91. The zero-order chi connectivity index (χ0) is 12.0. The molecule has 1 aromatic rings. The molecule has 0 unspecified atom stereocenters. The fourth-order valence-corrected chi connectivity index (χ4v) is 2.14. The summed E-state index contributed by atoms with van der Waals surface area (Å²) in [4.78, 5) is 21.4. The van der Waals surface area contributed by atoms with Gasteiger partial charge >= 0.3 is 5.97 Å². The summed E-state index contributed by atoms with van der Waals surface area (Å²) in [6.45, 7) is 1.77. The molecule has 1 rings (SSSR count). The molecule has 0 saturated carbocycles. The van der Waals surface area contributed by atoms with Crippen molar-refractivity contribution in [1.29, 1.82) is 0 Å².